The summed E-state index contributed by atoms with van der Waals surface area (Å²) < 4.78 is 6.33. The number of fused-ring (bicyclic) bond motifs is 1. The van der Waals surface area contributed by atoms with Gasteiger partial charge in [-0.05, 0) is 25.3 Å². The first kappa shape index (κ1) is 20.5. The van der Waals surface area contributed by atoms with E-state index in [9.17, 15) is 14.9 Å². The molecule has 2 aromatic rings. The molecule has 0 aromatic carbocycles. The van der Waals surface area contributed by atoms with Crippen molar-refractivity contribution < 1.29 is 9.53 Å². The Balaban J connectivity index is 2.08. The first-order valence-electron chi connectivity index (χ1n) is 9.39. The minimum Gasteiger partial charge on any atom is -0.383 e. The lowest BCUT2D eigenvalue weighted by atomic mass is 10.1. The lowest BCUT2D eigenvalue weighted by molar-refractivity contribution is -0.117. The van der Waals surface area contributed by atoms with Crippen molar-refractivity contribution in [3.05, 3.63) is 45.9 Å². The summed E-state index contributed by atoms with van der Waals surface area (Å²) in [7, 11) is 3.57. The van der Waals surface area contributed by atoms with E-state index in [0.29, 0.717) is 31.2 Å². The van der Waals surface area contributed by atoms with Crippen LogP contribution in [-0.4, -0.2) is 73.7 Å². The van der Waals surface area contributed by atoms with Crippen molar-refractivity contribution in [3.8, 4) is 6.07 Å². The Kier molecular flexibility index (Phi) is 6.59. The number of ether oxygens (including phenoxy) is 1. The standard InChI is InChI=1S/C20H24N6O3/c1-24-8-10-25(11-9-24)18-16(13-15(14-21)19(27)22-6-12-29-2)20(28)26-7-4-3-5-17(26)23-18/h3-5,7,13H,6,8-12H2,1-2H3,(H,22,27). The zero-order valence-electron chi connectivity index (χ0n) is 16.6. The van der Waals surface area contributed by atoms with Crippen LogP contribution in [0.5, 0.6) is 0 Å². The van der Waals surface area contributed by atoms with Gasteiger partial charge in [-0.1, -0.05) is 6.07 Å². The maximum Gasteiger partial charge on any atom is 0.267 e. The summed E-state index contributed by atoms with van der Waals surface area (Å²) in [6, 6.07) is 7.21. The van der Waals surface area contributed by atoms with Gasteiger partial charge in [0.2, 0.25) is 0 Å². The van der Waals surface area contributed by atoms with Crippen LogP contribution in [0.25, 0.3) is 11.7 Å². The minimum atomic E-state index is -0.550. The van der Waals surface area contributed by atoms with Crippen LogP contribution in [0.2, 0.25) is 0 Å². The Morgan fingerprint density at radius 2 is 2.10 bits per heavy atom. The Labute approximate surface area is 168 Å². The summed E-state index contributed by atoms with van der Waals surface area (Å²) >= 11 is 0. The fraction of sp³-hybridized carbons (Fsp3) is 0.400. The highest BCUT2D eigenvalue weighted by atomic mass is 16.5. The highest BCUT2D eigenvalue weighted by Crippen LogP contribution is 2.20. The molecule has 1 saturated heterocycles. The molecule has 2 aromatic heterocycles. The van der Waals surface area contributed by atoms with Gasteiger partial charge in [0, 0.05) is 46.0 Å². The average molecular weight is 396 g/mol. The van der Waals surface area contributed by atoms with Gasteiger partial charge in [0.25, 0.3) is 11.5 Å². The van der Waals surface area contributed by atoms with Gasteiger partial charge in [-0.3, -0.25) is 14.0 Å². The van der Waals surface area contributed by atoms with Crippen LogP contribution in [0.3, 0.4) is 0 Å². The summed E-state index contributed by atoms with van der Waals surface area (Å²) in [5.41, 5.74) is 0.288. The predicted octanol–water partition coefficient (Wildman–Crippen LogP) is 0.116. The van der Waals surface area contributed by atoms with Gasteiger partial charge >= 0.3 is 0 Å². The lowest BCUT2D eigenvalue weighted by Gasteiger charge is -2.34. The number of hydrogen-bond acceptors (Lipinski definition) is 7. The van der Waals surface area contributed by atoms with Crippen LogP contribution in [0, 0.1) is 11.3 Å². The molecule has 3 rings (SSSR count). The molecule has 0 spiro atoms. The number of carbonyl (C=O) groups excluding carboxylic acids is 1. The molecule has 0 bridgehead atoms. The number of hydrogen-bond donors (Lipinski definition) is 1. The van der Waals surface area contributed by atoms with Crippen molar-refractivity contribution in [3.63, 3.8) is 0 Å². The topological polar surface area (TPSA) is 103 Å². The van der Waals surface area contributed by atoms with Crippen molar-refractivity contribution in [1.29, 1.82) is 5.26 Å². The molecule has 0 saturated carbocycles. The molecular formula is C20H24N6O3. The summed E-state index contributed by atoms with van der Waals surface area (Å²) in [4.78, 5) is 34.4. The number of rotatable bonds is 6. The second kappa shape index (κ2) is 9.32. The van der Waals surface area contributed by atoms with Crippen molar-refractivity contribution in [1.82, 2.24) is 19.6 Å². The van der Waals surface area contributed by atoms with Gasteiger partial charge in [0.05, 0.1) is 12.2 Å². The van der Waals surface area contributed by atoms with E-state index in [4.69, 9.17) is 4.74 Å². The summed E-state index contributed by atoms with van der Waals surface area (Å²) in [5, 5.41) is 12.1. The number of nitrogens with zero attached hydrogens (tertiary/aromatic N) is 5. The number of anilines is 1. The molecule has 9 nitrogen and oxygen atoms in total. The fourth-order valence-electron chi connectivity index (χ4n) is 3.13. The van der Waals surface area contributed by atoms with Gasteiger partial charge in [0.15, 0.2) is 0 Å². The molecule has 3 heterocycles. The van der Waals surface area contributed by atoms with E-state index in [0.717, 1.165) is 13.1 Å². The van der Waals surface area contributed by atoms with Crippen molar-refractivity contribution in [2.75, 3.05) is 58.4 Å². The number of likely N-dealkylation sites (N-methyl/N-ethyl adjacent to an activating group) is 1. The molecule has 1 amide bonds. The number of methoxy groups -OCH3 is 1. The Hall–Kier alpha value is -3.22. The number of nitrogens with one attached hydrogen (secondary N) is 1. The van der Waals surface area contributed by atoms with Gasteiger partial charge in [-0.15, -0.1) is 0 Å². The van der Waals surface area contributed by atoms with Gasteiger partial charge in [-0.2, -0.15) is 5.26 Å². The normalized spacial score (nSPS) is 15.3. The average Bonchev–Trinajstić information content (AvgIpc) is 2.74. The number of piperazine rings is 1. The highest BCUT2D eigenvalue weighted by molar-refractivity contribution is 6.02. The van der Waals surface area contributed by atoms with Crippen molar-refractivity contribution >= 4 is 23.4 Å². The molecular weight excluding hydrogens is 372 g/mol. The van der Waals surface area contributed by atoms with Crippen LogP contribution >= 0.6 is 0 Å². The van der Waals surface area contributed by atoms with Crippen molar-refractivity contribution in [2.45, 2.75) is 0 Å². The highest BCUT2D eigenvalue weighted by Gasteiger charge is 2.22. The van der Waals surface area contributed by atoms with E-state index in [-0.39, 0.29) is 23.2 Å². The molecule has 1 fully saturated rings. The monoisotopic (exact) mass is 396 g/mol. The first-order valence-corrected chi connectivity index (χ1v) is 9.39. The van der Waals surface area contributed by atoms with Crippen LogP contribution < -0.4 is 15.8 Å². The zero-order valence-corrected chi connectivity index (χ0v) is 16.6. The molecule has 0 unspecified atom stereocenters. The van der Waals surface area contributed by atoms with E-state index in [1.54, 1.807) is 18.3 Å². The molecule has 29 heavy (non-hydrogen) atoms. The Morgan fingerprint density at radius 3 is 2.79 bits per heavy atom. The molecule has 1 aliphatic heterocycles. The zero-order chi connectivity index (χ0) is 20.8. The largest absolute Gasteiger partial charge is 0.383 e. The van der Waals surface area contributed by atoms with Gasteiger partial charge in [0.1, 0.15) is 23.1 Å². The fourth-order valence-corrected chi connectivity index (χ4v) is 3.13. The number of carbonyl (C=O) groups is 1. The first-order chi connectivity index (χ1) is 14.0. The number of pyridine rings is 1. The second-order valence-corrected chi connectivity index (χ2v) is 6.79. The third-order valence-corrected chi connectivity index (χ3v) is 4.80. The van der Waals surface area contributed by atoms with E-state index >= 15 is 0 Å². The Bertz CT molecular complexity index is 1020. The number of nitriles is 1. The third kappa shape index (κ3) is 4.62. The third-order valence-electron chi connectivity index (χ3n) is 4.80. The molecule has 1 N–H and O–H groups in total. The molecule has 0 aliphatic carbocycles. The van der Waals surface area contributed by atoms with Gasteiger partial charge in [-0.25, -0.2) is 4.98 Å². The van der Waals surface area contributed by atoms with Crippen LogP contribution in [0.15, 0.2) is 34.8 Å². The van der Waals surface area contributed by atoms with E-state index in [2.05, 4.69) is 15.2 Å². The summed E-state index contributed by atoms with van der Waals surface area (Å²) in [5.74, 6) is -0.0572. The quantitative estimate of drug-likeness (QED) is 0.420. The van der Waals surface area contributed by atoms with Crippen molar-refractivity contribution in [2.24, 2.45) is 0 Å². The maximum absolute atomic E-state index is 13.2. The van der Waals surface area contributed by atoms with Crippen LogP contribution in [-0.2, 0) is 9.53 Å². The van der Waals surface area contributed by atoms with Crippen LogP contribution in [0.4, 0.5) is 5.82 Å². The second-order valence-electron chi connectivity index (χ2n) is 6.79. The molecule has 0 atom stereocenters. The van der Waals surface area contributed by atoms with E-state index in [1.165, 1.54) is 17.6 Å². The molecule has 0 radical (unpaired) electrons. The predicted molar refractivity (Wildman–Crippen MR) is 110 cm³/mol. The van der Waals surface area contributed by atoms with Gasteiger partial charge < -0.3 is 19.9 Å². The SMILES string of the molecule is COCCNC(=O)C(C#N)=Cc1c(N2CCN(C)CC2)nc2ccccn2c1=O. The summed E-state index contributed by atoms with van der Waals surface area (Å²) in [6.07, 6.45) is 2.96. The summed E-state index contributed by atoms with van der Waals surface area (Å²) in [6.45, 7) is 3.68. The Morgan fingerprint density at radius 1 is 1.34 bits per heavy atom. The lowest BCUT2D eigenvalue weighted by Crippen LogP contribution is -2.45. The smallest absolute Gasteiger partial charge is 0.267 e. The maximum atomic E-state index is 13.2. The van der Waals surface area contributed by atoms with E-state index < -0.39 is 5.91 Å². The van der Waals surface area contributed by atoms with E-state index in [1.807, 2.05) is 24.1 Å². The van der Waals surface area contributed by atoms with Crippen LogP contribution in [0.1, 0.15) is 5.56 Å². The number of aromatic nitrogens is 2. The molecule has 1 aliphatic rings. The molecule has 9 heteroatoms. The molecule has 152 valence electrons. The number of amides is 1. The minimum absolute atomic E-state index is 0.147.